The summed E-state index contributed by atoms with van der Waals surface area (Å²) in [4.78, 5) is 0. The molecule has 4 atom stereocenters. The van der Waals surface area contributed by atoms with Crippen LogP contribution in [0.1, 0.15) is 56.7 Å². The van der Waals surface area contributed by atoms with E-state index in [-0.39, 0.29) is 6.61 Å². The predicted octanol–water partition coefficient (Wildman–Crippen LogP) is 3.72. The van der Waals surface area contributed by atoms with Crippen LogP contribution in [-0.4, -0.2) is 28.8 Å². The Labute approximate surface area is 127 Å². The van der Waals surface area contributed by atoms with Crippen LogP contribution >= 0.6 is 11.8 Å². The van der Waals surface area contributed by atoms with Gasteiger partial charge in [-0.1, -0.05) is 45.0 Å². The Morgan fingerprint density at radius 3 is 2.70 bits per heavy atom. The fourth-order valence-electron chi connectivity index (χ4n) is 3.07. The molecule has 0 heterocycles. The Balaban J connectivity index is 2.24. The highest BCUT2D eigenvalue weighted by molar-refractivity contribution is 8.00. The van der Waals surface area contributed by atoms with Crippen molar-refractivity contribution >= 4 is 11.8 Å². The van der Waals surface area contributed by atoms with Crippen LogP contribution in [0.4, 0.5) is 0 Å². The van der Waals surface area contributed by atoms with Crippen LogP contribution in [0.2, 0.25) is 0 Å². The van der Waals surface area contributed by atoms with Gasteiger partial charge in [-0.05, 0) is 36.4 Å². The Morgan fingerprint density at radius 2 is 2.05 bits per heavy atom. The molecule has 1 aliphatic carbocycles. The second kappa shape index (κ2) is 7.48. The zero-order chi connectivity index (χ0) is 14.5. The summed E-state index contributed by atoms with van der Waals surface area (Å²) in [6.45, 7) is 7.97. The molecule has 0 radical (unpaired) electrons. The highest BCUT2D eigenvalue weighted by Gasteiger charge is 2.33. The molecule has 0 aliphatic heterocycles. The van der Waals surface area contributed by atoms with Gasteiger partial charge in [0.15, 0.2) is 0 Å². The standard InChI is InChI=1S/C17H27NOS/c1-4-9-18-17-15-8-6-5-7-14(15)12(2)10-16(17)20-13(3)11-19/h5-8,12-13,16-19H,4,9-11H2,1-3H3. The first-order chi connectivity index (χ1) is 9.67. The quantitative estimate of drug-likeness (QED) is 0.838. The van der Waals surface area contributed by atoms with E-state index in [4.69, 9.17) is 0 Å². The van der Waals surface area contributed by atoms with Crippen molar-refractivity contribution in [2.75, 3.05) is 13.2 Å². The van der Waals surface area contributed by atoms with Crippen LogP contribution < -0.4 is 5.32 Å². The number of aliphatic hydroxyl groups is 1. The SMILES string of the molecule is CCCNC1c2ccccc2C(C)CC1SC(C)CO. The Bertz CT molecular complexity index is 423. The molecule has 1 aromatic carbocycles. The highest BCUT2D eigenvalue weighted by Crippen LogP contribution is 2.43. The summed E-state index contributed by atoms with van der Waals surface area (Å²) in [6, 6.07) is 9.26. The van der Waals surface area contributed by atoms with Crippen molar-refractivity contribution in [3.63, 3.8) is 0 Å². The summed E-state index contributed by atoms with van der Waals surface area (Å²) in [5.41, 5.74) is 2.96. The van der Waals surface area contributed by atoms with E-state index >= 15 is 0 Å². The van der Waals surface area contributed by atoms with Gasteiger partial charge < -0.3 is 10.4 Å². The first kappa shape index (κ1) is 15.9. The van der Waals surface area contributed by atoms with Crippen molar-refractivity contribution in [3.8, 4) is 0 Å². The lowest BCUT2D eigenvalue weighted by molar-refractivity contribution is 0.299. The lowest BCUT2D eigenvalue weighted by atomic mass is 9.80. The van der Waals surface area contributed by atoms with E-state index in [9.17, 15) is 5.11 Å². The first-order valence-corrected chi connectivity index (χ1v) is 8.70. The van der Waals surface area contributed by atoms with E-state index in [1.54, 1.807) is 0 Å². The van der Waals surface area contributed by atoms with Crippen molar-refractivity contribution in [1.29, 1.82) is 0 Å². The van der Waals surface area contributed by atoms with Crippen LogP contribution in [0.15, 0.2) is 24.3 Å². The van der Waals surface area contributed by atoms with E-state index in [0.29, 0.717) is 22.5 Å². The van der Waals surface area contributed by atoms with Crippen LogP contribution in [0.25, 0.3) is 0 Å². The molecule has 2 nitrogen and oxygen atoms in total. The molecule has 0 amide bonds. The molecule has 0 bridgehead atoms. The molecule has 1 aliphatic rings. The average molecular weight is 293 g/mol. The molecule has 0 fully saturated rings. The van der Waals surface area contributed by atoms with Crippen molar-refractivity contribution in [1.82, 2.24) is 5.32 Å². The van der Waals surface area contributed by atoms with Crippen molar-refractivity contribution in [2.24, 2.45) is 0 Å². The third-order valence-electron chi connectivity index (χ3n) is 4.10. The van der Waals surface area contributed by atoms with Gasteiger partial charge in [-0.2, -0.15) is 11.8 Å². The minimum atomic E-state index is 0.262. The average Bonchev–Trinajstić information content (AvgIpc) is 2.47. The number of aliphatic hydroxyl groups excluding tert-OH is 1. The smallest absolute Gasteiger partial charge is 0.0547 e. The summed E-state index contributed by atoms with van der Waals surface area (Å²) in [5.74, 6) is 0.606. The number of rotatable bonds is 6. The summed E-state index contributed by atoms with van der Waals surface area (Å²) < 4.78 is 0. The maximum atomic E-state index is 9.35. The van der Waals surface area contributed by atoms with Crippen LogP contribution in [0.3, 0.4) is 0 Å². The van der Waals surface area contributed by atoms with Crippen molar-refractivity contribution in [2.45, 2.75) is 56.1 Å². The summed E-state index contributed by atoms with van der Waals surface area (Å²) in [5, 5.41) is 13.9. The number of nitrogens with one attached hydrogen (secondary N) is 1. The second-order valence-electron chi connectivity index (χ2n) is 5.87. The van der Waals surface area contributed by atoms with Gasteiger partial charge >= 0.3 is 0 Å². The zero-order valence-corrected chi connectivity index (χ0v) is 13.6. The third kappa shape index (κ3) is 3.57. The van der Waals surface area contributed by atoms with Crippen molar-refractivity contribution < 1.29 is 5.11 Å². The number of thioether (sulfide) groups is 1. The lowest BCUT2D eigenvalue weighted by Gasteiger charge is -2.38. The van der Waals surface area contributed by atoms with E-state index < -0.39 is 0 Å². The Morgan fingerprint density at radius 1 is 1.35 bits per heavy atom. The molecular formula is C17H27NOS. The highest BCUT2D eigenvalue weighted by atomic mass is 32.2. The second-order valence-corrected chi connectivity index (χ2v) is 7.55. The minimum Gasteiger partial charge on any atom is -0.395 e. The van der Waals surface area contributed by atoms with Crippen LogP contribution in [-0.2, 0) is 0 Å². The van der Waals surface area contributed by atoms with Gasteiger partial charge in [0.1, 0.15) is 0 Å². The summed E-state index contributed by atoms with van der Waals surface area (Å²) >= 11 is 1.93. The third-order valence-corrected chi connectivity index (χ3v) is 5.53. The van der Waals surface area contributed by atoms with Gasteiger partial charge in [0.05, 0.1) is 6.61 Å². The normalized spacial score (nSPS) is 27.1. The molecule has 112 valence electrons. The number of hydrogen-bond donors (Lipinski definition) is 2. The monoisotopic (exact) mass is 293 g/mol. The number of fused-ring (bicyclic) bond motifs is 1. The maximum Gasteiger partial charge on any atom is 0.0547 e. The Kier molecular flexibility index (Phi) is 5.94. The van der Waals surface area contributed by atoms with Gasteiger partial charge in [-0.15, -0.1) is 0 Å². The van der Waals surface area contributed by atoms with Gasteiger partial charge in [0.25, 0.3) is 0 Å². The molecule has 0 spiro atoms. The van der Waals surface area contributed by atoms with Gasteiger partial charge in [-0.3, -0.25) is 0 Å². The first-order valence-electron chi connectivity index (χ1n) is 7.75. The maximum absolute atomic E-state index is 9.35. The topological polar surface area (TPSA) is 32.3 Å². The fraction of sp³-hybridized carbons (Fsp3) is 0.647. The molecule has 1 aromatic rings. The van der Waals surface area contributed by atoms with Crippen LogP contribution in [0, 0.1) is 0 Å². The largest absolute Gasteiger partial charge is 0.395 e. The van der Waals surface area contributed by atoms with E-state index in [0.717, 1.165) is 13.0 Å². The van der Waals surface area contributed by atoms with Gasteiger partial charge in [0.2, 0.25) is 0 Å². The van der Waals surface area contributed by atoms with Gasteiger partial charge in [0, 0.05) is 16.5 Å². The van der Waals surface area contributed by atoms with E-state index in [1.165, 1.54) is 17.5 Å². The molecule has 3 heteroatoms. The molecule has 20 heavy (non-hydrogen) atoms. The fourth-order valence-corrected chi connectivity index (χ4v) is 4.55. The van der Waals surface area contributed by atoms with Crippen LogP contribution in [0.5, 0.6) is 0 Å². The van der Waals surface area contributed by atoms with Crippen molar-refractivity contribution in [3.05, 3.63) is 35.4 Å². The lowest BCUT2D eigenvalue weighted by Crippen LogP contribution is -2.36. The number of hydrogen-bond acceptors (Lipinski definition) is 3. The van der Waals surface area contributed by atoms with E-state index in [1.807, 2.05) is 11.8 Å². The minimum absolute atomic E-state index is 0.262. The predicted molar refractivity (Wildman–Crippen MR) is 88.4 cm³/mol. The zero-order valence-electron chi connectivity index (χ0n) is 12.8. The molecule has 0 saturated carbocycles. The summed E-state index contributed by atoms with van der Waals surface area (Å²) in [6.07, 6.45) is 2.34. The Hall–Kier alpha value is -0.510. The molecular weight excluding hydrogens is 266 g/mol. The van der Waals surface area contributed by atoms with E-state index in [2.05, 4.69) is 50.4 Å². The number of benzene rings is 1. The molecule has 0 aromatic heterocycles. The molecule has 4 unspecified atom stereocenters. The molecule has 2 rings (SSSR count). The summed E-state index contributed by atoms with van der Waals surface area (Å²) in [7, 11) is 0. The van der Waals surface area contributed by atoms with Gasteiger partial charge in [-0.25, -0.2) is 0 Å². The molecule has 0 saturated heterocycles. The molecule has 2 N–H and O–H groups in total.